The number of alkyl halides is 2. The first-order valence-electron chi connectivity index (χ1n) is 7.53. The van der Waals surface area contributed by atoms with Gasteiger partial charge in [-0.1, -0.05) is 18.2 Å². The van der Waals surface area contributed by atoms with Gasteiger partial charge in [0, 0.05) is 17.7 Å². The number of hydrogen-bond acceptors (Lipinski definition) is 6. The molecule has 0 spiro atoms. The number of rotatable bonds is 8. The largest absolute Gasteiger partial charge is 0.490 e. The Kier molecular flexibility index (Phi) is 6.42. The molecule has 0 aliphatic heterocycles. The minimum atomic E-state index is -3.08. The maximum Gasteiger partial charge on any atom is 0.387 e. The minimum absolute atomic E-state index is 0.0310. The molecule has 2 aromatic carbocycles. The number of hydrogen-bond donors (Lipinski definition) is 0. The Morgan fingerprint density at radius 3 is 2.62 bits per heavy atom. The van der Waals surface area contributed by atoms with Gasteiger partial charge in [-0.05, 0) is 19.1 Å². The second kappa shape index (κ2) is 8.75. The van der Waals surface area contributed by atoms with Crippen LogP contribution in [0.5, 0.6) is 11.5 Å². The maximum absolute atomic E-state index is 12.7. The van der Waals surface area contributed by atoms with Crippen LogP contribution >= 0.6 is 0 Å². The Labute approximate surface area is 147 Å². The molecule has 0 aliphatic rings. The van der Waals surface area contributed by atoms with Crippen LogP contribution in [0.25, 0.3) is 0 Å². The van der Waals surface area contributed by atoms with Crippen molar-refractivity contribution in [3.05, 3.63) is 63.7 Å². The fourth-order valence-electron chi connectivity index (χ4n) is 2.14. The second-order valence-corrected chi connectivity index (χ2v) is 4.94. The van der Waals surface area contributed by atoms with Gasteiger partial charge in [0.25, 0.3) is 5.69 Å². The summed E-state index contributed by atoms with van der Waals surface area (Å²) in [7, 11) is 0. The van der Waals surface area contributed by atoms with Gasteiger partial charge in [0.2, 0.25) is 0 Å². The van der Waals surface area contributed by atoms with Gasteiger partial charge in [-0.3, -0.25) is 10.1 Å². The van der Waals surface area contributed by atoms with Crippen molar-refractivity contribution < 1.29 is 32.7 Å². The SMILES string of the molecule is CCOc1cccc(COC(=O)c2cccc([N+](=O)[O-])c2)c1OC(F)F. The van der Waals surface area contributed by atoms with Crippen LogP contribution in [0.15, 0.2) is 42.5 Å². The molecule has 0 fully saturated rings. The summed E-state index contributed by atoms with van der Waals surface area (Å²) in [6.07, 6.45) is 0. The van der Waals surface area contributed by atoms with Gasteiger partial charge >= 0.3 is 12.6 Å². The van der Waals surface area contributed by atoms with E-state index in [9.17, 15) is 23.7 Å². The zero-order chi connectivity index (χ0) is 19.1. The normalized spacial score (nSPS) is 10.5. The quantitative estimate of drug-likeness (QED) is 0.399. The number of ether oxygens (including phenoxy) is 3. The molecule has 0 heterocycles. The molecule has 0 saturated heterocycles. The molecule has 0 atom stereocenters. The molecule has 26 heavy (non-hydrogen) atoms. The van der Waals surface area contributed by atoms with Crippen LogP contribution < -0.4 is 9.47 Å². The van der Waals surface area contributed by atoms with E-state index in [0.717, 1.165) is 6.07 Å². The molecule has 0 N–H and O–H groups in total. The highest BCUT2D eigenvalue weighted by atomic mass is 19.3. The van der Waals surface area contributed by atoms with Gasteiger partial charge in [-0.15, -0.1) is 0 Å². The van der Waals surface area contributed by atoms with E-state index in [0.29, 0.717) is 0 Å². The average molecular weight is 367 g/mol. The van der Waals surface area contributed by atoms with Crippen LogP contribution in [-0.4, -0.2) is 24.1 Å². The number of nitro groups is 1. The van der Waals surface area contributed by atoms with E-state index in [1.165, 1.54) is 30.3 Å². The molecule has 0 amide bonds. The monoisotopic (exact) mass is 367 g/mol. The maximum atomic E-state index is 12.7. The van der Waals surface area contributed by atoms with Gasteiger partial charge in [0.05, 0.1) is 17.1 Å². The van der Waals surface area contributed by atoms with E-state index >= 15 is 0 Å². The van der Waals surface area contributed by atoms with Crippen LogP contribution in [0.3, 0.4) is 0 Å². The smallest absolute Gasteiger partial charge is 0.387 e. The molecule has 2 aromatic rings. The lowest BCUT2D eigenvalue weighted by Crippen LogP contribution is -2.10. The van der Waals surface area contributed by atoms with Crippen molar-refractivity contribution in [1.82, 2.24) is 0 Å². The molecule has 0 aliphatic carbocycles. The summed E-state index contributed by atoms with van der Waals surface area (Å²) in [5.41, 5.74) is -0.119. The molecule has 0 unspecified atom stereocenters. The molecule has 7 nitrogen and oxygen atoms in total. The average Bonchev–Trinajstić information content (AvgIpc) is 2.61. The third kappa shape index (κ3) is 4.88. The number of carbonyl (C=O) groups is 1. The third-order valence-electron chi connectivity index (χ3n) is 3.22. The highest BCUT2D eigenvalue weighted by Gasteiger charge is 2.18. The molecule has 9 heteroatoms. The number of carbonyl (C=O) groups excluding carboxylic acids is 1. The van der Waals surface area contributed by atoms with Crippen LogP contribution in [-0.2, 0) is 11.3 Å². The summed E-state index contributed by atoms with van der Waals surface area (Å²) in [5, 5.41) is 10.8. The topological polar surface area (TPSA) is 87.9 Å². The lowest BCUT2D eigenvalue weighted by molar-refractivity contribution is -0.384. The van der Waals surface area contributed by atoms with Crippen molar-refractivity contribution in [1.29, 1.82) is 0 Å². The van der Waals surface area contributed by atoms with Crippen molar-refractivity contribution >= 4 is 11.7 Å². The van der Waals surface area contributed by atoms with Gasteiger partial charge < -0.3 is 14.2 Å². The van der Waals surface area contributed by atoms with E-state index in [1.54, 1.807) is 13.0 Å². The van der Waals surface area contributed by atoms with Gasteiger partial charge in [0.1, 0.15) is 6.61 Å². The van der Waals surface area contributed by atoms with E-state index in [2.05, 4.69) is 4.74 Å². The Balaban J connectivity index is 2.18. The molecule has 0 bridgehead atoms. The second-order valence-electron chi connectivity index (χ2n) is 4.94. The van der Waals surface area contributed by atoms with Crippen LogP contribution in [0.2, 0.25) is 0 Å². The summed E-state index contributed by atoms with van der Waals surface area (Å²) in [6.45, 7) is -1.54. The predicted octanol–water partition coefficient (Wildman–Crippen LogP) is 3.95. The number of benzene rings is 2. The van der Waals surface area contributed by atoms with Crippen molar-refractivity contribution in [2.45, 2.75) is 20.1 Å². The van der Waals surface area contributed by atoms with Crippen LogP contribution in [0.4, 0.5) is 14.5 Å². The highest BCUT2D eigenvalue weighted by Crippen LogP contribution is 2.33. The fraction of sp³-hybridized carbons (Fsp3) is 0.235. The molecule has 0 aromatic heterocycles. The number of nitro benzene ring substituents is 1. The van der Waals surface area contributed by atoms with E-state index in [-0.39, 0.29) is 41.5 Å². The van der Waals surface area contributed by atoms with Crippen molar-refractivity contribution in [2.24, 2.45) is 0 Å². The number of para-hydroxylation sites is 1. The summed E-state index contributed by atoms with van der Waals surface area (Å²) >= 11 is 0. The number of non-ortho nitro benzene ring substituents is 1. The zero-order valence-corrected chi connectivity index (χ0v) is 13.7. The van der Waals surface area contributed by atoms with Crippen LogP contribution in [0, 0.1) is 10.1 Å². The number of nitrogens with zero attached hydrogens (tertiary/aromatic N) is 1. The minimum Gasteiger partial charge on any atom is -0.490 e. The Hall–Kier alpha value is -3.23. The van der Waals surface area contributed by atoms with Gasteiger partial charge in [-0.25, -0.2) is 4.79 Å². The molecule has 0 saturated carbocycles. The van der Waals surface area contributed by atoms with E-state index < -0.39 is 17.5 Å². The van der Waals surface area contributed by atoms with Crippen molar-refractivity contribution in [2.75, 3.05) is 6.61 Å². The van der Waals surface area contributed by atoms with Crippen molar-refractivity contribution in [3.63, 3.8) is 0 Å². The summed E-state index contributed by atoms with van der Waals surface area (Å²) in [5.74, 6) is -0.966. The standard InChI is InChI=1S/C17H15F2NO6/c1-2-24-14-8-4-6-12(15(14)26-17(18)19)10-25-16(21)11-5-3-7-13(9-11)20(22)23/h3-9,17H,2,10H2,1H3. The summed E-state index contributed by atoms with van der Waals surface area (Å²) in [4.78, 5) is 22.2. The van der Waals surface area contributed by atoms with Gasteiger partial charge in [0.15, 0.2) is 11.5 Å². The Bertz CT molecular complexity index is 797. The third-order valence-corrected chi connectivity index (χ3v) is 3.22. The molecule has 0 radical (unpaired) electrons. The fourth-order valence-corrected chi connectivity index (χ4v) is 2.14. The molecular formula is C17H15F2NO6. The highest BCUT2D eigenvalue weighted by molar-refractivity contribution is 5.90. The first-order chi connectivity index (χ1) is 12.4. The van der Waals surface area contributed by atoms with E-state index in [1.807, 2.05) is 0 Å². The number of halogens is 2. The molecule has 138 valence electrons. The Morgan fingerprint density at radius 1 is 1.23 bits per heavy atom. The Morgan fingerprint density at radius 2 is 1.96 bits per heavy atom. The van der Waals surface area contributed by atoms with E-state index in [4.69, 9.17) is 9.47 Å². The van der Waals surface area contributed by atoms with Crippen LogP contribution in [0.1, 0.15) is 22.8 Å². The zero-order valence-electron chi connectivity index (χ0n) is 13.7. The molecular weight excluding hydrogens is 352 g/mol. The predicted molar refractivity (Wildman–Crippen MR) is 86.5 cm³/mol. The lowest BCUT2D eigenvalue weighted by atomic mass is 10.2. The molecule has 2 rings (SSSR count). The summed E-state index contributed by atoms with van der Waals surface area (Å²) in [6, 6.07) is 9.43. The van der Waals surface area contributed by atoms with Crippen molar-refractivity contribution in [3.8, 4) is 11.5 Å². The first kappa shape index (κ1) is 19.1. The summed E-state index contributed by atoms with van der Waals surface area (Å²) < 4.78 is 40.1. The number of esters is 1. The van der Waals surface area contributed by atoms with Gasteiger partial charge in [-0.2, -0.15) is 8.78 Å². The first-order valence-corrected chi connectivity index (χ1v) is 7.53. The lowest BCUT2D eigenvalue weighted by Gasteiger charge is -2.15.